The average Bonchev–Trinajstić information content (AvgIpc) is 3.24. The normalized spacial score (nSPS) is 16.5. The summed E-state index contributed by atoms with van der Waals surface area (Å²) in [5, 5.41) is 2.85. The fourth-order valence-corrected chi connectivity index (χ4v) is 4.19. The van der Waals surface area contributed by atoms with Gasteiger partial charge >= 0.3 is 0 Å². The molecule has 0 unspecified atom stereocenters. The van der Waals surface area contributed by atoms with E-state index in [0.717, 1.165) is 25.0 Å². The van der Waals surface area contributed by atoms with Crippen LogP contribution in [0.5, 0.6) is 5.75 Å². The van der Waals surface area contributed by atoms with Crippen LogP contribution in [-0.2, 0) is 26.1 Å². The third kappa shape index (κ3) is 6.43. The third-order valence-corrected chi connectivity index (χ3v) is 6.13. The molecule has 9 heteroatoms. The highest BCUT2D eigenvalue weighted by Gasteiger charge is 2.18. The van der Waals surface area contributed by atoms with Crippen LogP contribution in [0.2, 0.25) is 5.02 Å². The molecular weight excluding hydrogens is 416 g/mol. The summed E-state index contributed by atoms with van der Waals surface area (Å²) in [6.07, 6.45) is 1.99. The van der Waals surface area contributed by atoms with Crippen LogP contribution in [0.25, 0.3) is 0 Å². The molecule has 1 aliphatic heterocycles. The molecule has 0 aromatic heterocycles. The topological polar surface area (TPSA) is 93.7 Å². The van der Waals surface area contributed by atoms with Crippen molar-refractivity contribution >= 4 is 27.5 Å². The van der Waals surface area contributed by atoms with E-state index in [-0.39, 0.29) is 40.8 Å². The summed E-state index contributed by atoms with van der Waals surface area (Å²) < 4.78 is 38.3. The molecule has 1 heterocycles. The highest BCUT2D eigenvalue weighted by Crippen LogP contribution is 2.27. The number of hydrogen-bond donors (Lipinski definition) is 2. The van der Waals surface area contributed by atoms with Crippen LogP contribution in [0.15, 0.2) is 53.4 Å². The van der Waals surface area contributed by atoms with Crippen molar-refractivity contribution < 1.29 is 22.7 Å². The van der Waals surface area contributed by atoms with Gasteiger partial charge in [-0.25, -0.2) is 13.1 Å². The standard InChI is InChI=1S/C20H23ClN2O5S/c21-18-11-17(29(25,26)23-12-15-5-2-1-3-6-15)8-9-19(18)28-14-20(24)22-13-16-7-4-10-27-16/h1-3,5-6,8-9,11,16,23H,4,7,10,12-14H2,(H,22,24)/t16-/m0/s1. The third-order valence-electron chi connectivity index (χ3n) is 4.43. The summed E-state index contributed by atoms with van der Waals surface area (Å²) >= 11 is 6.15. The van der Waals surface area contributed by atoms with Gasteiger partial charge < -0.3 is 14.8 Å². The lowest BCUT2D eigenvalue weighted by molar-refractivity contribution is -0.123. The molecule has 1 aliphatic rings. The second kappa shape index (κ2) is 10.1. The van der Waals surface area contributed by atoms with Crippen LogP contribution in [0.3, 0.4) is 0 Å². The Morgan fingerprint density at radius 1 is 1.21 bits per heavy atom. The number of benzene rings is 2. The van der Waals surface area contributed by atoms with Gasteiger partial charge in [-0.3, -0.25) is 4.79 Å². The Labute approximate surface area is 175 Å². The first-order valence-electron chi connectivity index (χ1n) is 9.28. The number of hydrogen-bond acceptors (Lipinski definition) is 5. The molecule has 2 N–H and O–H groups in total. The lowest BCUT2D eigenvalue weighted by Crippen LogP contribution is -2.35. The van der Waals surface area contributed by atoms with E-state index in [2.05, 4.69) is 10.0 Å². The van der Waals surface area contributed by atoms with Gasteiger partial charge in [-0.05, 0) is 36.6 Å². The number of ether oxygens (including phenoxy) is 2. The van der Waals surface area contributed by atoms with E-state index in [1.54, 1.807) is 0 Å². The molecule has 1 amide bonds. The lowest BCUT2D eigenvalue weighted by Gasteiger charge is -2.13. The SMILES string of the molecule is O=C(COc1ccc(S(=O)(=O)NCc2ccccc2)cc1Cl)NC[C@@H]1CCCO1. The number of carbonyl (C=O) groups is 1. The highest BCUT2D eigenvalue weighted by molar-refractivity contribution is 7.89. The summed E-state index contributed by atoms with van der Waals surface area (Å²) in [6, 6.07) is 13.3. The molecule has 7 nitrogen and oxygen atoms in total. The van der Waals surface area contributed by atoms with E-state index in [1.807, 2.05) is 30.3 Å². The number of carbonyl (C=O) groups excluding carboxylic acids is 1. The van der Waals surface area contributed by atoms with E-state index >= 15 is 0 Å². The van der Waals surface area contributed by atoms with Crippen LogP contribution in [0, 0.1) is 0 Å². The van der Waals surface area contributed by atoms with E-state index in [1.165, 1.54) is 18.2 Å². The number of nitrogens with one attached hydrogen (secondary N) is 2. The monoisotopic (exact) mass is 438 g/mol. The fourth-order valence-electron chi connectivity index (χ4n) is 2.85. The number of sulfonamides is 1. The van der Waals surface area contributed by atoms with Crippen molar-refractivity contribution in [2.24, 2.45) is 0 Å². The molecule has 0 radical (unpaired) electrons. The predicted octanol–water partition coefficient (Wildman–Crippen LogP) is 2.49. The van der Waals surface area contributed by atoms with Crippen LogP contribution in [0.4, 0.5) is 0 Å². The van der Waals surface area contributed by atoms with Gasteiger partial charge in [0, 0.05) is 19.7 Å². The van der Waals surface area contributed by atoms with Gasteiger partial charge in [-0.1, -0.05) is 41.9 Å². The number of rotatable bonds is 9. The molecule has 0 spiro atoms. The van der Waals surface area contributed by atoms with Crippen LogP contribution < -0.4 is 14.8 Å². The van der Waals surface area contributed by atoms with Crippen molar-refractivity contribution in [3.8, 4) is 5.75 Å². The molecule has 156 valence electrons. The van der Waals surface area contributed by atoms with Crippen molar-refractivity contribution in [3.63, 3.8) is 0 Å². The molecule has 3 rings (SSSR count). The van der Waals surface area contributed by atoms with E-state index < -0.39 is 10.0 Å². The summed E-state index contributed by atoms with van der Waals surface area (Å²) in [7, 11) is -3.73. The van der Waals surface area contributed by atoms with E-state index in [9.17, 15) is 13.2 Å². The van der Waals surface area contributed by atoms with Crippen LogP contribution in [-0.4, -0.2) is 40.2 Å². The maximum atomic E-state index is 12.5. The molecule has 1 fully saturated rings. The molecular formula is C20H23ClN2O5S. The van der Waals surface area contributed by atoms with Gasteiger partial charge in [-0.15, -0.1) is 0 Å². The zero-order valence-corrected chi connectivity index (χ0v) is 17.3. The van der Waals surface area contributed by atoms with Crippen LogP contribution >= 0.6 is 11.6 Å². The van der Waals surface area contributed by atoms with E-state index in [0.29, 0.717) is 6.54 Å². The number of halogens is 1. The quantitative estimate of drug-likeness (QED) is 0.627. The zero-order chi connectivity index (χ0) is 20.7. The fraction of sp³-hybridized carbons (Fsp3) is 0.350. The van der Waals surface area contributed by atoms with Gasteiger partial charge in [0.15, 0.2) is 6.61 Å². The first-order valence-corrected chi connectivity index (χ1v) is 11.1. The first kappa shape index (κ1) is 21.6. The van der Waals surface area contributed by atoms with Crippen molar-refractivity contribution in [2.45, 2.75) is 30.4 Å². The Balaban J connectivity index is 1.52. The highest BCUT2D eigenvalue weighted by atomic mass is 35.5. The van der Waals surface area contributed by atoms with Gasteiger partial charge in [-0.2, -0.15) is 0 Å². The molecule has 0 saturated carbocycles. The Bertz CT molecular complexity index is 931. The molecule has 29 heavy (non-hydrogen) atoms. The minimum absolute atomic E-state index is 0.0219. The summed E-state index contributed by atoms with van der Waals surface area (Å²) in [4.78, 5) is 11.9. The maximum Gasteiger partial charge on any atom is 0.258 e. The van der Waals surface area contributed by atoms with E-state index in [4.69, 9.17) is 21.1 Å². The largest absolute Gasteiger partial charge is 0.482 e. The molecule has 1 saturated heterocycles. The minimum Gasteiger partial charge on any atom is -0.482 e. The first-order chi connectivity index (χ1) is 13.9. The molecule has 2 aromatic rings. The second-order valence-electron chi connectivity index (χ2n) is 6.63. The lowest BCUT2D eigenvalue weighted by atomic mass is 10.2. The zero-order valence-electron chi connectivity index (χ0n) is 15.8. The van der Waals surface area contributed by atoms with Gasteiger partial charge in [0.25, 0.3) is 5.91 Å². The van der Waals surface area contributed by atoms with Gasteiger partial charge in [0.2, 0.25) is 10.0 Å². The number of amides is 1. The second-order valence-corrected chi connectivity index (χ2v) is 8.80. The Kier molecular flexibility index (Phi) is 7.49. The van der Waals surface area contributed by atoms with Crippen molar-refractivity contribution in [3.05, 3.63) is 59.1 Å². The summed E-state index contributed by atoms with van der Waals surface area (Å²) in [5.41, 5.74) is 0.844. The Morgan fingerprint density at radius 3 is 2.69 bits per heavy atom. The maximum absolute atomic E-state index is 12.5. The molecule has 2 aromatic carbocycles. The predicted molar refractivity (Wildman–Crippen MR) is 109 cm³/mol. The Hall–Kier alpha value is -2.13. The smallest absolute Gasteiger partial charge is 0.258 e. The van der Waals surface area contributed by atoms with Gasteiger partial charge in [0.05, 0.1) is 16.0 Å². The Morgan fingerprint density at radius 2 is 2.00 bits per heavy atom. The molecule has 0 aliphatic carbocycles. The van der Waals surface area contributed by atoms with Gasteiger partial charge in [0.1, 0.15) is 5.75 Å². The summed E-state index contributed by atoms with van der Waals surface area (Å²) in [6.45, 7) is 1.12. The van der Waals surface area contributed by atoms with Crippen molar-refractivity contribution in [2.75, 3.05) is 19.8 Å². The molecule has 1 atom stereocenters. The van der Waals surface area contributed by atoms with Crippen molar-refractivity contribution in [1.82, 2.24) is 10.0 Å². The average molecular weight is 439 g/mol. The minimum atomic E-state index is -3.73. The van der Waals surface area contributed by atoms with Crippen LogP contribution in [0.1, 0.15) is 18.4 Å². The van der Waals surface area contributed by atoms with Crippen molar-refractivity contribution in [1.29, 1.82) is 0 Å². The molecule has 0 bridgehead atoms. The summed E-state index contributed by atoms with van der Waals surface area (Å²) in [5.74, 6) is -0.0567.